The lowest BCUT2D eigenvalue weighted by atomic mass is 9.94. The average molecular weight is 503 g/mol. The van der Waals surface area contributed by atoms with Crippen molar-refractivity contribution >= 4 is 23.4 Å². The summed E-state index contributed by atoms with van der Waals surface area (Å²) in [5, 5.41) is 3.90. The van der Waals surface area contributed by atoms with Crippen molar-refractivity contribution in [3.05, 3.63) is 106 Å². The highest BCUT2D eigenvalue weighted by Gasteiger charge is 2.32. The molecule has 0 spiro atoms. The Morgan fingerprint density at radius 1 is 0.917 bits per heavy atom. The summed E-state index contributed by atoms with van der Waals surface area (Å²) in [6.07, 6.45) is 6.17. The SMILES string of the molecule is Cc1ccccc1CC(=O)N(Cc1cccc(Cl)c1)[C@H](Cc1ccccc1)C(=O)NC1CCCCC1. The van der Waals surface area contributed by atoms with Gasteiger partial charge in [0.2, 0.25) is 11.8 Å². The molecule has 0 aromatic heterocycles. The van der Waals surface area contributed by atoms with Crippen molar-refractivity contribution in [2.45, 2.75) is 70.5 Å². The van der Waals surface area contributed by atoms with E-state index in [4.69, 9.17) is 11.6 Å². The van der Waals surface area contributed by atoms with Gasteiger partial charge in [0.15, 0.2) is 0 Å². The number of aryl methyl sites for hydroxylation is 1. The van der Waals surface area contributed by atoms with Gasteiger partial charge in [-0.05, 0) is 54.2 Å². The maximum Gasteiger partial charge on any atom is 0.243 e. The third-order valence-corrected chi connectivity index (χ3v) is 7.30. The molecule has 4 nitrogen and oxygen atoms in total. The van der Waals surface area contributed by atoms with Crippen LogP contribution in [0.3, 0.4) is 0 Å². The Hall–Kier alpha value is -3.11. The fourth-order valence-electron chi connectivity index (χ4n) is 5.00. The van der Waals surface area contributed by atoms with Crippen LogP contribution >= 0.6 is 11.6 Å². The van der Waals surface area contributed by atoms with Crippen LogP contribution in [0.1, 0.15) is 54.4 Å². The zero-order valence-electron chi connectivity index (χ0n) is 21.0. The van der Waals surface area contributed by atoms with Gasteiger partial charge in [-0.3, -0.25) is 9.59 Å². The molecule has 1 aliphatic rings. The van der Waals surface area contributed by atoms with Crippen LogP contribution in [0.2, 0.25) is 5.02 Å². The molecule has 0 radical (unpaired) electrons. The van der Waals surface area contributed by atoms with Crippen LogP contribution in [-0.4, -0.2) is 28.8 Å². The van der Waals surface area contributed by atoms with Gasteiger partial charge in [-0.2, -0.15) is 0 Å². The van der Waals surface area contributed by atoms with Crippen molar-refractivity contribution in [1.29, 1.82) is 0 Å². The summed E-state index contributed by atoms with van der Waals surface area (Å²) in [5.74, 6) is -0.144. The van der Waals surface area contributed by atoms with E-state index in [0.717, 1.165) is 47.9 Å². The average Bonchev–Trinajstić information content (AvgIpc) is 2.88. The van der Waals surface area contributed by atoms with E-state index in [-0.39, 0.29) is 24.3 Å². The molecule has 0 heterocycles. The van der Waals surface area contributed by atoms with Crippen LogP contribution < -0.4 is 5.32 Å². The van der Waals surface area contributed by atoms with Gasteiger partial charge in [-0.1, -0.05) is 97.6 Å². The molecular formula is C31H35ClN2O2. The van der Waals surface area contributed by atoms with E-state index in [1.54, 1.807) is 4.90 Å². The molecule has 188 valence electrons. The number of hydrogen-bond acceptors (Lipinski definition) is 2. The topological polar surface area (TPSA) is 49.4 Å². The van der Waals surface area contributed by atoms with Crippen LogP contribution in [0.5, 0.6) is 0 Å². The first-order valence-corrected chi connectivity index (χ1v) is 13.3. The molecule has 3 aromatic carbocycles. The maximum atomic E-state index is 13.9. The summed E-state index contributed by atoms with van der Waals surface area (Å²) < 4.78 is 0. The van der Waals surface area contributed by atoms with Gasteiger partial charge in [0.1, 0.15) is 6.04 Å². The number of rotatable bonds is 9. The van der Waals surface area contributed by atoms with Gasteiger partial charge in [-0.15, -0.1) is 0 Å². The summed E-state index contributed by atoms with van der Waals surface area (Å²) in [7, 11) is 0. The van der Waals surface area contributed by atoms with Gasteiger partial charge in [0.05, 0.1) is 6.42 Å². The number of carbonyl (C=O) groups excluding carboxylic acids is 2. The Labute approximate surface area is 219 Å². The highest BCUT2D eigenvalue weighted by Crippen LogP contribution is 2.21. The Morgan fingerprint density at radius 3 is 2.33 bits per heavy atom. The molecule has 36 heavy (non-hydrogen) atoms. The minimum atomic E-state index is -0.621. The predicted molar refractivity (Wildman–Crippen MR) is 146 cm³/mol. The van der Waals surface area contributed by atoms with Gasteiger partial charge < -0.3 is 10.2 Å². The molecule has 2 amide bonds. The molecule has 1 atom stereocenters. The number of nitrogens with one attached hydrogen (secondary N) is 1. The van der Waals surface area contributed by atoms with E-state index in [9.17, 15) is 9.59 Å². The van der Waals surface area contributed by atoms with Crippen LogP contribution in [0.25, 0.3) is 0 Å². The van der Waals surface area contributed by atoms with E-state index in [1.807, 2.05) is 85.8 Å². The second kappa shape index (κ2) is 12.7. The van der Waals surface area contributed by atoms with Gasteiger partial charge in [0.25, 0.3) is 0 Å². The maximum absolute atomic E-state index is 13.9. The molecule has 0 bridgehead atoms. The lowest BCUT2D eigenvalue weighted by Gasteiger charge is -2.33. The van der Waals surface area contributed by atoms with E-state index >= 15 is 0 Å². The zero-order chi connectivity index (χ0) is 25.3. The quantitative estimate of drug-likeness (QED) is 0.374. The molecule has 1 N–H and O–H groups in total. The molecule has 4 rings (SSSR count). The Morgan fingerprint density at radius 2 is 1.61 bits per heavy atom. The Balaban J connectivity index is 1.66. The summed E-state index contributed by atoms with van der Waals surface area (Å²) >= 11 is 6.28. The van der Waals surface area contributed by atoms with Crippen molar-refractivity contribution in [3.8, 4) is 0 Å². The summed E-state index contributed by atoms with van der Waals surface area (Å²) in [4.78, 5) is 29.5. The molecule has 1 saturated carbocycles. The van der Waals surface area contributed by atoms with E-state index in [2.05, 4.69) is 5.32 Å². The zero-order valence-corrected chi connectivity index (χ0v) is 21.7. The largest absolute Gasteiger partial charge is 0.352 e. The molecule has 5 heteroatoms. The van der Waals surface area contributed by atoms with Crippen LogP contribution in [0.4, 0.5) is 0 Å². The number of nitrogens with zero attached hydrogens (tertiary/aromatic N) is 1. The van der Waals surface area contributed by atoms with E-state index < -0.39 is 6.04 Å². The van der Waals surface area contributed by atoms with E-state index in [0.29, 0.717) is 18.0 Å². The number of benzene rings is 3. The smallest absolute Gasteiger partial charge is 0.243 e. The first-order valence-electron chi connectivity index (χ1n) is 12.9. The highest BCUT2D eigenvalue weighted by molar-refractivity contribution is 6.30. The van der Waals surface area contributed by atoms with Crippen LogP contribution in [0, 0.1) is 6.92 Å². The van der Waals surface area contributed by atoms with Gasteiger partial charge in [-0.25, -0.2) is 0 Å². The first kappa shape index (κ1) is 26.0. The lowest BCUT2D eigenvalue weighted by Crippen LogP contribution is -2.53. The number of hydrogen-bond donors (Lipinski definition) is 1. The van der Waals surface area contributed by atoms with Crippen molar-refractivity contribution in [2.75, 3.05) is 0 Å². The van der Waals surface area contributed by atoms with Crippen molar-refractivity contribution < 1.29 is 9.59 Å². The third-order valence-electron chi connectivity index (χ3n) is 7.07. The highest BCUT2D eigenvalue weighted by atomic mass is 35.5. The Bertz CT molecular complexity index is 1160. The number of halogens is 1. The second-order valence-corrected chi connectivity index (χ2v) is 10.2. The summed E-state index contributed by atoms with van der Waals surface area (Å²) in [6, 6.07) is 25.0. The molecular weight excluding hydrogens is 468 g/mol. The third kappa shape index (κ3) is 7.20. The van der Waals surface area contributed by atoms with Crippen molar-refractivity contribution in [3.63, 3.8) is 0 Å². The number of carbonyl (C=O) groups is 2. The number of amides is 2. The molecule has 0 unspecified atom stereocenters. The fourth-order valence-corrected chi connectivity index (χ4v) is 5.22. The van der Waals surface area contributed by atoms with E-state index in [1.165, 1.54) is 6.42 Å². The van der Waals surface area contributed by atoms with Crippen LogP contribution in [-0.2, 0) is 29.0 Å². The molecule has 0 aliphatic heterocycles. The van der Waals surface area contributed by atoms with Crippen molar-refractivity contribution in [2.24, 2.45) is 0 Å². The van der Waals surface area contributed by atoms with Gasteiger partial charge in [0, 0.05) is 24.0 Å². The molecule has 3 aromatic rings. The summed E-state index contributed by atoms with van der Waals surface area (Å²) in [6.45, 7) is 2.34. The molecule has 0 saturated heterocycles. The monoisotopic (exact) mass is 502 g/mol. The second-order valence-electron chi connectivity index (χ2n) is 9.80. The molecule has 1 fully saturated rings. The van der Waals surface area contributed by atoms with Crippen LogP contribution in [0.15, 0.2) is 78.9 Å². The minimum absolute atomic E-state index is 0.0657. The first-order chi connectivity index (χ1) is 17.5. The van der Waals surface area contributed by atoms with Crippen molar-refractivity contribution in [1.82, 2.24) is 10.2 Å². The Kier molecular flexibility index (Phi) is 9.18. The minimum Gasteiger partial charge on any atom is -0.352 e. The summed E-state index contributed by atoms with van der Waals surface area (Å²) in [5.41, 5.74) is 3.98. The standard InChI is InChI=1S/C31H35ClN2O2/c1-23-11-8-9-15-26(23)21-30(35)34(22-25-14-10-16-27(32)19-25)29(20-24-12-4-2-5-13-24)31(36)33-28-17-6-3-7-18-28/h2,4-5,8-16,19,28-29H,3,6-7,17-18,20-22H2,1H3,(H,33,36)/t29-/m1/s1. The van der Waals surface area contributed by atoms with Gasteiger partial charge >= 0.3 is 0 Å². The lowest BCUT2D eigenvalue weighted by molar-refractivity contribution is -0.141. The predicted octanol–water partition coefficient (Wildman–Crippen LogP) is 6.28. The normalized spacial score (nSPS) is 14.7. The fraction of sp³-hybridized carbons (Fsp3) is 0.355. The molecule has 1 aliphatic carbocycles.